The van der Waals surface area contributed by atoms with Gasteiger partial charge in [0.05, 0.1) is 24.6 Å². The fraction of sp³-hybridized carbons (Fsp3) is 0.182. The van der Waals surface area contributed by atoms with E-state index in [1.807, 2.05) is 36.4 Å². The van der Waals surface area contributed by atoms with Crippen LogP contribution in [0.5, 0.6) is 5.75 Å². The number of ether oxygens (including phenoxy) is 1. The summed E-state index contributed by atoms with van der Waals surface area (Å²) in [7, 11) is 1.62. The molecule has 5 rings (SSSR count). The van der Waals surface area contributed by atoms with E-state index in [1.165, 1.54) is 0 Å². The zero-order valence-electron chi connectivity index (χ0n) is 16.3. The van der Waals surface area contributed by atoms with Crippen molar-refractivity contribution in [3.63, 3.8) is 0 Å². The molecule has 4 aromatic rings. The molecule has 1 aliphatic carbocycles. The Morgan fingerprint density at radius 2 is 1.90 bits per heavy atom. The van der Waals surface area contributed by atoms with Gasteiger partial charge < -0.3 is 14.5 Å². The lowest BCUT2D eigenvalue weighted by atomic mass is 9.85. The Morgan fingerprint density at radius 3 is 2.60 bits per heavy atom. The minimum absolute atomic E-state index is 0.0100. The lowest BCUT2D eigenvalue weighted by molar-refractivity contribution is 0.0960. The number of furan rings is 1. The molecule has 0 bridgehead atoms. The molecule has 1 atom stereocenters. The van der Waals surface area contributed by atoms with Crippen molar-refractivity contribution in [1.29, 1.82) is 0 Å². The maximum atomic E-state index is 13.2. The number of nitrogens with zero attached hydrogens (tertiary/aromatic N) is 4. The molecule has 8 nitrogen and oxygen atoms in total. The van der Waals surface area contributed by atoms with E-state index in [0.717, 1.165) is 22.9 Å². The normalized spacial score (nSPS) is 15.6. The Kier molecular flexibility index (Phi) is 4.51. The highest BCUT2D eigenvalue weighted by Crippen LogP contribution is 2.37. The Balaban J connectivity index is 1.58. The Bertz CT molecular complexity index is 1170. The third-order valence-corrected chi connectivity index (χ3v) is 5.17. The van der Waals surface area contributed by atoms with Crippen molar-refractivity contribution in [3.8, 4) is 11.7 Å². The van der Waals surface area contributed by atoms with Crippen LogP contribution in [-0.2, 0) is 6.42 Å². The first kappa shape index (κ1) is 18.1. The molecule has 1 unspecified atom stereocenters. The standard InChI is InChI=1S/C22H19N5O3/c1-29-16-7-5-15(6-8-16)25-21-20-17(27(26-21)22-23-9-3-10-24-22)12-14(13-18(20)28)19-4-2-11-30-19/h2-11,14H,12-13H2,1H3,(H,25,26). The van der Waals surface area contributed by atoms with Gasteiger partial charge in [-0.05, 0) is 42.5 Å². The minimum Gasteiger partial charge on any atom is -0.497 e. The molecule has 30 heavy (non-hydrogen) atoms. The summed E-state index contributed by atoms with van der Waals surface area (Å²) in [6, 6.07) is 12.9. The second-order valence-electron chi connectivity index (χ2n) is 7.03. The topological polar surface area (TPSA) is 95.1 Å². The fourth-order valence-corrected chi connectivity index (χ4v) is 3.76. The number of methoxy groups -OCH3 is 1. The fourth-order valence-electron chi connectivity index (χ4n) is 3.76. The van der Waals surface area contributed by atoms with Crippen LogP contribution in [0.3, 0.4) is 0 Å². The van der Waals surface area contributed by atoms with Crippen molar-refractivity contribution >= 4 is 17.3 Å². The van der Waals surface area contributed by atoms with Crippen molar-refractivity contribution in [2.45, 2.75) is 18.8 Å². The molecular formula is C22H19N5O3. The van der Waals surface area contributed by atoms with Crippen LogP contribution in [-0.4, -0.2) is 32.6 Å². The molecule has 0 spiro atoms. The van der Waals surface area contributed by atoms with Crippen molar-refractivity contribution < 1.29 is 13.9 Å². The maximum Gasteiger partial charge on any atom is 0.250 e. The van der Waals surface area contributed by atoms with Gasteiger partial charge in [0.15, 0.2) is 11.6 Å². The molecule has 0 saturated heterocycles. The number of anilines is 2. The van der Waals surface area contributed by atoms with Crippen molar-refractivity contribution in [1.82, 2.24) is 19.7 Å². The van der Waals surface area contributed by atoms with Gasteiger partial charge in [-0.1, -0.05) is 0 Å². The predicted octanol–water partition coefficient (Wildman–Crippen LogP) is 3.92. The van der Waals surface area contributed by atoms with Crippen molar-refractivity contribution in [2.75, 3.05) is 12.4 Å². The van der Waals surface area contributed by atoms with Gasteiger partial charge in [-0.25, -0.2) is 14.6 Å². The van der Waals surface area contributed by atoms with Gasteiger partial charge >= 0.3 is 0 Å². The van der Waals surface area contributed by atoms with E-state index >= 15 is 0 Å². The number of rotatable bonds is 5. The highest BCUT2D eigenvalue weighted by Gasteiger charge is 2.35. The van der Waals surface area contributed by atoms with Crippen LogP contribution < -0.4 is 10.1 Å². The first-order chi connectivity index (χ1) is 14.7. The molecule has 1 aromatic carbocycles. The number of hydrogen-bond donors (Lipinski definition) is 1. The number of ketones is 1. The van der Waals surface area contributed by atoms with Crippen LogP contribution in [0.1, 0.15) is 34.2 Å². The predicted molar refractivity (Wildman–Crippen MR) is 110 cm³/mol. The number of Topliss-reactive ketones (excluding diaryl/α,β-unsaturated/α-hetero) is 1. The van der Waals surface area contributed by atoms with E-state index in [9.17, 15) is 4.79 Å². The Hall–Kier alpha value is -3.94. The third kappa shape index (κ3) is 3.22. The van der Waals surface area contributed by atoms with E-state index in [-0.39, 0.29) is 11.7 Å². The molecule has 1 aliphatic rings. The van der Waals surface area contributed by atoms with Gasteiger partial charge in [-0.3, -0.25) is 4.79 Å². The number of aromatic nitrogens is 4. The summed E-state index contributed by atoms with van der Waals surface area (Å²) in [6.07, 6.45) is 5.90. The molecule has 8 heteroatoms. The molecule has 150 valence electrons. The van der Waals surface area contributed by atoms with Crippen LogP contribution in [0.25, 0.3) is 5.95 Å². The van der Waals surface area contributed by atoms with Crippen LogP contribution >= 0.6 is 0 Å². The maximum absolute atomic E-state index is 13.2. The van der Waals surface area contributed by atoms with Gasteiger partial charge in [-0.2, -0.15) is 0 Å². The molecule has 0 radical (unpaired) electrons. The summed E-state index contributed by atoms with van der Waals surface area (Å²) in [5, 5.41) is 7.93. The monoisotopic (exact) mass is 401 g/mol. The quantitative estimate of drug-likeness (QED) is 0.541. The number of carbonyl (C=O) groups is 1. The third-order valence-electron chi connectivity index (χ3n) is 5.17. The van der Waals surface area contributed by atoms with Crippen LogP contribution in [0.4, 0.5) is 11.5 Å². The lowest BCUT2D eigenvalue weighted by Crippen LogP contribution is -2.21. The number of benzene rings is 1. The number of hydrogen-bond acceptors (Lipinski definition) is 7. The molecule has 0 saturated carbocycles. The van der Waals surface area contributed by atoms with E-state index in [2.05, 4.69) is 20.4 Å². The van der Waals surface area contributed by atoms with Gasteiger partial charge in [0.2, 0.25) is 0 Å². The smallest absolute Gasteiger partial charge is 0.250 e. The molecule has 0 fully saturated rings. The molecule has 3 heterocycles. The molecule has 3 aromatic heterocycles. The van der Waals surface area contributed by atoms with E-state index in [1.54, 1.807) is 36.5 Å². The Labute approximate surface area is 172 Å². The summed E-state index contributed by atoms with van der Waals surface area (Å²) in [5.41, 5.74) is 2.15. The van der Waals surface area contributed by atoms with Crippen LogP contribution in [0.2, 0.25) is 0 Å². The van der Waals surface area contributed by atoms with Crippen molar-refractivity contribution in [2.24, 2.45) is 0 Å². The first-order valence-electron chi connectivity index (χ1n) is 9.60. The van der Waals surface area contributed by atoms with Gasteiger partial charge in [0.25, 0.3) is 5.95 Å². The van der Waals surface area contributed by atoms with Crippen molar-refractivity contribution in [3.05, 3.63) is 78.1 Å². The second-order valence-corrected chi connectivity index (χ2v) is 7.03. The largest absolute Gasteiger partial charge is 0.497 e. The van der Waals surface area contributed by atoms with Gasteiger partial charge in [-0.15, -0.1) is 5.10 Å². The highest BCUT2D eigenvalue weighted by molar-refractivity contribution is 6.03. The second kappa shape index (κ2) is 7.47. The van der Waals surface area contributed by atoms with E-state index < -0.39 is 0 Å². The van der Waals surface area contributed by atoms with Crippen LogP contribution in [0, 0.1) is 0 Å². The van der Waals surface area contributed by atoms with E-state index in [0.29, 0.717) is 30.2 Å². The summed E-state index contributed by atoms with van der Waals surface area (Å²) >= 11 is 0. The van der Waals surface area contributed by atoms with Gasteiger partial charge in [0.1, 0.15) is 11.5 Å². The molecule has 1 N–H and O–H groups in total. The molecular weight excluding hydrogens is 382 g/mol. The van der Waals surface area contributed by atoms with E-state index in [4.69, 9.17) is 9.15 Å². The average Bonchev–Trinajstić information content (AvgIpc) is 3.44. The number of nitrogens with one attached hydrogen (secondary N) is 1. The Morgan fingerprint density at radius 1 is 1.10 bits per heavy atom. The summed E-state index contributed by atoms with van der Waals surface area (Å²) in [4.78, 5) is 21.8. The minimum atomic E-state index is -0.0481. The summed E-state index contributed by atoms with van der Waals surface area (Å²) < 4.78 is 12.4. The first-order valence-corrected chi connectivity index (χ1v) is 9.60. The molecule has 0 aliphatic heterocycles. The lowest BCUT2D eigenvalue weighted by Gasteiger charge is -2.20. The number of carbonyl (C=O) groups excluding carboxylic acids is 1. The highest BCUT2D eigenvalue weighted by atomic mass is 16.5. The average molecular weight is 401 g/mol. The van der Waals surface area contributed by atoms with Crippen LogP contribution in [0.15, 0.2) is 65.5 Å². The summed E-state index contributed by atoms with van der Waals surface area (Å²) in [5.74, 6) is 2.42. The van der Waals surface area contributed by atoms with Gasteiger partial charge in [0, 0.05) is 36.8 Å². The molecule has 0 amide bonds. The zero-order chi connectivity index (χ0) is 20.5. The SMILES string of the molecule is COc1ccc(Nc2nn(-c3ncccn3)c3c2C(=O)CC(c2ccco2)C3)cc1. The zero-order valence-corrected chi connectivity index (χ0v) is 16.3. The summed E-state index contributed by atoms with van der Waals surface area (Å²) in [6.45, 7) is 0. The number of fused-ring (bicyclic) bond motifs is 1.